The van der Waals surface area contributed by atoms with E-state index in [1.165, 1.54) is 36.7 Å². The van der Waals surface area contributed by atoms with Crippen LogP contribution in [0.25, 0.3) is 47.6 Å². The summed E-state index contributed by atoms with van der Waals surface area (Å²) in [5.74, 6) is 0. The summed E-state index contributed by atoms with van der Waals surface area (Å²) in [7, 11) is 0. The van der Waals surface area contributed by atoms with Crippen molar-refractivity contribution in [2.75, 3.05) is 0 Å². The van der Waals surface area contributed by atoms with E-state index >= 15 is 0 Å². The molecule has 1 heterocycles. The zero-order valence-corrected chi connectivity index (χ0v) is 17.9. The second-order valence-corrected chi connectivity index (χ2v) is 8.67. The van der Waals surface area contributed by atoms with Gasteiger partial charge in [-0.3, -0.25) is 0 Å². The number of hydrogen-bond donors (Lipinski definition) is 1. The highest BCUT2D eigenvalue weighted by atomic mass is 32.1. The number of nitrogens with two attached hydrogens (primary N) is 1. The van der Waals surface area contributed by atoms with Gasteiger partial charge < -0.3 is 5.73 Å². The fraction of sp³-hybridized carbons (Fsp3) is 0.0357. The molecule has 0 fully saturated rings. The van der Waals surface area contributed by atoms with Gasteiger partial charge >= 0.3 is 0 Å². The van der Waals surface area contributed by atoms with Crippen LogP contribution >= 0.6 is 11.3 Å². The van der Waals surface area contributed by atoms with Crippen LogP contribution in [-0.4, -0.2) is 0 Å². The van der Waals surface area contributed by atoms with Crippen LogP contribution in [0.5, 0.6) is 0 Å². The molecule has 0 atom stereocenters. The normalized spacial score (nSPS) is 12.5. The van der Waals surface area contributed by atoms with Crippen molar-refractivity contribution in [2.24, 2.45) is 5.73 Å². The van der Waals surface area contributed by atoms with Gasteiger partial charge in [-0.2, -0.15) is 5.26 Å². The summed E-state index contributed by atoms with van der Waals surface area (Å²) in [5.41, 5.74) is 11.0. The summed E-state index contributed by atoms with van der Waals surface area (Å²) in [4.78, 5) is 0. The second-order valence-electron chi connectivity index (χ2n) is 7.58. The Balaban J connectivity index is 1.81. The minimum atomic E-state index is 0.629. The summed E-state index contributed by atoms with van der Waals surface area (Å²) in [6.45, 7) is 1.80. The van der Waals surface area contributed by atoms with Gasteiger partial charge in [0, 0.05) is 31.9 Å². The first-order chi connectivity index (χ1) is 15.2. The molecule has 0 unspecified atom stereocenters. The third kappa shape index (κ3) is 3.28. The first kappa shape index (κ1) is 19.1. The molecule has 2 N–H and O–H groups in total. The third-order valence-corrected chi connectivity index (χ3v) is 6.72. The van der Waals surface area contributed by atoms with Gasteiger partial charge in [-0.15, -0.1) is 11.3 Å². The Labute approximate surface area is 185 Å². The summed E-state index contributed by atoms with van der Waals surface area (Å²) >= 11 is 1.80. The lowest BCUT2D eigenvalue weighted by Gasteiger charge is -2.10. The molecule has 2 nitrogen and oxygen atoms in total. The van der Waals surface area contributed by atoms with Crippen LogP contribution in [0.3, 0.4) is 0 Å². The molecule has 1 aromatic heterocycles. The van der Waals surface area contributed by atoms with E-state index in [1.807, 2.05) is 12.1 Å². The minimum absolute atomic E-state index is 0.629. The number of rotatable bonds is 3. The molecule has 0 spiro atoms. The molecule has 5 rings (SSSR count). The Bertz CT molecular complexity index is 1550. The zero-order valence-electron chi connectivity index (χ0n) is 17.1. The van der Waals surface area contributed by atoms with Crippen molar-refractivity contribution in [1.29, 1.82) is 5.26 Å². The van der Waals surface area contributed by atoms with Crippen LogP contribution in [0.1, 0.15) is 12.5 Å². The summed E-state index contributed by atoms with van der Waals surface area (Å²) in [6.07, 6.45) is 3.45. The molecule has 0 amide bonds. The van der Waals surface area contributed by atoms with E-state index in [9.17, 15) is 5.26 Å². The monoisotopic (exact) mass is 416 g/mol. The lowest BCUT2D eigenvalue weighted by molar-refractivity contribution is 1.44. The standard InChI is InChI=1S/C28H20N2S/c1-18(16-29)13-21(17-30)25-15-27-28(23-10-6-5-9-22(23)25)24-12-11-20(14-26(24)31-27)19-7-3-2-4-8-19/h2-15,17H,30H2,1H3/b18-13+,21-17+. The molecule has 148 valence electrons. The SMILES string of the molecule is C/C(C#N)=C\C(=C/N)c1cc2sc3cc(-c4ccccc4)ccc3c2c2ccccc12. The van der Waals surface area contributed by atoms with Gasteiger partial charge in [0.1, 0.15) is 0 Å². The summed E-state index contributed by atoms with van der Waals surface area (Å²) in [5, 5.41) is 14.1. The van der Waals surface area contributed by atoms with Crippen molar-refractivity contribution in [2.45, 2.75) is 6.92 Å². The van der Waals surface area contributed by atoms with Gasteiger partial charge in [-0.25, -0.2) is 0 Å². The van der Waals surface area contributed by atoms with Crippen molar-refractivity contribution in [3.8, 4) is 17.2 Å². The quantitative estimate of drug-likeness (QED) is 0.243. The molecule has 0 aliphatic carbocycles. The van der Waals surface area contributed by atoms with Crippen LogP contribution in [0, 0.1) is 11.3 Å². The molecule has 0 aliphatic rings. The summed E-state index contributed by atoms with van der Waals surface area (Å²) < 4.78 is 2.48. The predicted molar refractivity (Wildman–Crippen MR) is 134 cm³/mol. The minimum Gasteiger partial charge on any atom is -0.404 e. The highest BCUT2D eigenvalue weighted by Gasteiger charge is 2.14. The highest BCUT2D eigenvalue weighted by Crippen LogP contribution is 2.42. The fourth-order valence-corrected chi connectivity index (χ4v) is 5.37. The maximum atomic E-state index is 9.24. The van der Waals surface area contributed by atoms with Crippen molar-refractivity contribution in [3.63, 3.8) is 0 Å². The second kappa shape index (κ2) is 7.75. The van der Waals surface area contributed by atoms with E-state index < -0.39 is 0 Å². The highest BCUT2D eigenvalue weighted by molar-refractivity contribution is 7.26. The molecule has 0 aliphatic heterocycles. The average molecular weight is 417 g/mol. The van der Waals surface area contributed by atoms with E-state index in [-0.39, 0.29) is 0 Å². The van der Waals surface area contributed by atoms with Gasteiger partial charge in [0.15, 0.2) is 0 Å². The van der Waals surface area contributed by atoms with Crippen molar-refractivity contribution >= 4 is 47.9 Å². The van der Waals surface area contributed by atoms with Gasteiger partial charge in [0.05, 0.1) is 6.07 Å². The maximum Gasteiger partial charge on any atom is 0.0944 e. The van der Waals surface area contributed by atoms with Crippen LogP contribution in [0.2, 0.25) is 0 Å². The van der Waals surface area contributed by atoms with E-state index in [0.29, 0.717) is 5.57 Å². The largest absolute Gasteiger partial charge is 0.404 e. The molecule has 0 saturated heterocycles. The number of allylic oxidation sites excluding steroid dienone is 3. The lowest BCUT2D eigenvalue weighted by atomic mass is 9.94. The lowest BCUT2D eigenvalue weighted by Crippen LogP contribution is -1.90. The van der Waals surface area contributed by atoms with Crippen molar-refractivity contribution in [3.05, 3.63) is 102 Å². The fourth-order valence-electron chi connectivity index (χ4n) is 4.17. The van der Waals surface area contributed by atoms with Crippen LogP contribution in [0.4, 0.5) is 0 Å². The number of hydrogen-bond acceptors (Lipinski definition) is 3. The molecular weight excluding hydrogens is 396 g/mol. The number of nitrogens with zero attached hydrogens (tertiary/aromatic N) is 1. The third-order valence-electron chi connectivity index (χ3n) is 5.63. The molecule has 3 heteroatoms. The van der Waals surface area contributed by atoms with Gasteiger partial charge in [-0.05, 0) is 58.2 Å². The zero-order chi connectivity index (χ0) is 21.4. The van der Waals surface area contributed by atoms with Crippen molar-refractivity contribution in [1.82, 2.24) is 0 Å². The first-order valence-electron chi connectivity index (χ1n) is 10.1. The van der Waals surface area contributed by atoms with Gasteiger partial charge in [0.25, 0.3) is 0 Å². The topological polar surface area (TPSA) is 49.8 Å². The molecule has 5 aromatic rings. The van der Waals surface area contributed by atoms with Crippen molar-refractivity contribution < 1.29 is 0 Å². The Kier molecular flexibility index (Phi) is 4.78. The van der Waals surface area contributed by atoms with Gasteiger partial charge in [0.2, 0.25) is 0 Å². The van der Waals surface area contributed by atoms with Crippen LogP contribution in [-0.2, 0) is 0 Å². The van der Waals surface area contributed by atoms with Gasteiger partial charge in [-0.1, -0.05) is 66.7 Å². The van der Waals surface area contributed by atoms with E-state index in [4.69, 9.17) is 5.73 Å². The predicted octanol–water partition coefficient (Wildman–Crippen LogP) is 7.64. The molecule has 0 saturated carbocycles. The molecular formula is C28H20N2S. The molecule has 0 radical (unpaired) electrons. The number of benzene rings is 4. The number of nitriles is 1. The molecule has 0 bridgehead atoms. The van der Waals surface area contributed by atoms with E-state index in [0.717, 1.165) is 16.5 Å². The number of thiophene rings is 1. The van der Waals surface area contributed by atoms with Crippen LogP contribution in [0.15, 0.2) is 96.7 Å². The molecule has 31 heavy (non-hydrogen) atoms. The van der Waals surface area contributed by atoms with Crippen LogP contribution < -0.4 is 5.73 Å². The Morgan fingerprint density at radius 3 is 2.32 bits per heavy atom. The Morgan fingerprint density at radius 2 is 1.58 bits per heavy atom. The average Bonchev–Trinajstić information content (AvgIpc) is 3.20. The Morgan fingerprint density at radius 1 is 0.839 bits per heavy atom. The Hall–Kier alpha value is -3.87. The number of fused-ring (bicyclic) bond motifs is 5. The maximum absolute atomic E-state index is 9.24. The molecule has 4 aromatic carbocycles. The first-order valence-corrected chi connectivity index (χ1v) is 11.0. The van der Waals surface area contributed by atoms with E-state index in [1.54, 1.807) is 24.5 Å². The van der Waals surface area contributed by atoms with E-state index in [2.05, 4.69) is 78.9 Å². The summed E-state index contributed by atoms with van der Waals surface area (Å²) in [6, 6.07) is 30.0. The smallest absolute Gasteiger partial charge is 0.0944 e.